The zero-order valence-corrected chi connectivity index (χ0v) is 14.6. The van der Waals surface area contributed by atoms with Gasteiger partial charge in [-0.25, -0.2) is 8.42 Å². The molecule has 0 aliphatic carbocycles. The van der Waals surface area contributed by atoms with Gasteiger partial charge in [0, 0.05) is 6.20 Å². The Morgan fingerprint density at radius 1 is 1.17 bits per heavy atom. The van der Waals surface area contributed by atoms with Crippen LogP contribution in [-0.4, -0.2) is 47.8 Å². The summed E-state index contributed by atoms with van der Waals surface area (Å²) in [6.07, 6.45) is 10.5. The molecule has 0 spiro atoms. The van der Waals surface area contributed by atoms with E-state index in [-0.39, 0.29) is 6.42 Å². The number of rotatable bonds is 11. The summed E-state index contributed by atoms with van der Waals surface area (Å²) in [7, 11) is -3.77. The van der Waals surface area contributed by atoms with Crippen molar-refractivity contribution in [2.24, 2.45) is 0 Å². The number of sulfone groups is 1. The summed E-state index contributed by atoms with van der Waals surface area (Å²) in [4.78, 5) is 24.8. The van der Waals surface area contributed by atoms with Crippen molar-refractivity contribution in [3.63, 3.8) is 0 Å². The van der Waals surface area contributed by atoms with Crippen LogP contribution in [0.25, 0.3) is 0 Å². The van der Waals surface area contributed by atoms with Crippen LogP contribution in [0.5, 0.6) is 0 Å². The maximum Gasteiger partial charge on any atom is 0.252 e. The third-order valence-corrected chi connectivity index (χ3v) is 5.92. The van der Waals surface area contributed by atoms with Crippen molar-refractivity contribution in [2.75, 3.05) is 12.4 Å². The van der Waals surface area contributed by atoms with Crippen LogP contribution in [0.2, 0.25) is 0 Å². The predicted octanol–water partition coefficient (Wildman–Crippen LogP) is 1.79. The Bertz CT molecular complexity index is 527. The van der Waals surface area contributed by atoms with Gasteiger partial charge in [-0.3, -0.25) is 14.5 Å². The predicted molar refractivity (Wildman–Crippen MR) is 88.3 cm³/mol. The highest BCUT2D eigenvalue weighted by molar-refractivity contribution is 7.92. The molecule has 6 nitrogen and oxygen atoms in total. The minimum atomic E-state index is -3.77. The molecule has 0 aromatic heterocycles. The van der Waals surface area contributed by atoms with Gasteiger partial charge in [-0.15, -0.1) is 0 Å². The van der Waals surface area contributed by atoms with Gasteiger partial charge in [-0.2, -0.15) is 0 Å². The van der Waals surface area contributed by atoms with Crippen molar-refractivity contribution >= 4 is 21.7 Å². The van der Waals surface area contributed by atoms with Crippen LogP contribution in [0, 0.1) is 0 Å². The first-order chi connectivity index (χ1) is 10.9. The summed E-state index contributed by atoms with van der Waals surface area (Å²) in [6.45, 7) is 1.62. The van der Waals surface area contributed by atoms with Crippen molar-refractivity contribution < 1.29 is 23.1 Å². The molecule has 0 bridgehead atoms. The van der Waals surface area contributed by atoms with Gasteiger partial charge < -0.3 is 5.11 Å². The molecule has 1 rings (SSSR count). The highest BCUT2D eigenvalue weighted by Gasteiger charge is 2.44. The highest BCUT2D eigenvalue weighted by Crippen LogP contribution is 2.21. The fourth-order valence-corrected chi connectivity index (χ4v) is 3.91. The van der Waals surface area contributed by atoms with E-state index in [4.69, 9.17) is 5.11 Å². The number of hydrogen-bond donors (Lipinski definition) is 1. The smallest absolute Gasteiger partial charge is 0.252 e. The molecule has 0 aromatic carbocycles. The number of allylic oxidation sites excluding steroid dienone is 1. The van der Waals surface area contributed by atoms with E-state index in [0.29, 0.717) is 0 Å². The van der Waals surface area contributed by atoms with E-state index in [0.717, 1.165) is 24.2 Å². The summed E-state index contributed by atoms with van der Waals surface area (Å²) in [5.74, 6) is -1.70. The zero-order chi connectivity index (χ0) is 17.3. The number of nitrogens with zero attached hydrogens (tertiary/aromatic N) is 1. The van der Waals surface area contributed by atoms with Gasteiger partial charge in [-0.1, -0.05) is 45.1 Å². The summed E-state index contributed by atoms with van der Waals surface area (Å²) >= 11 is 0. The normalized spacial score (nSPS) is 19.2. The number of aliphatic hydroxyl groups is 1. The molecule has 7 heteroatoms. The first-order valence-corrected chi connectivity index (χ1v) is 10.0. The van der Waals surface area contributed by atoms with Crippen LogP contribution in [0.4, 0.5) is 0 Å². The maximum absolute atomic E-state index is 12.1. The average Bonchev–Trinajstić information content (AvgIpc) is 2.78. The van der Waals surface area contributed by atoms with Gasteiger partial charge in [-0.05, 0) is 12.8 Å². The first-order valence-electron chi connectivity index (χ1n) is 8.29. The third kappa shape index (κ3) is 6.06. The van der Waals surface area contributed by atoms with Crippen LogP contribution < -0.4 is 0 Å². The number of carbonyl (C=O) groups excluding carboxylic acids is 2. The highest BCUT2D eigenvalue weighted by atomic mass is 32.2. The van der Waals surface area contributed by atoms with Gasteiger partial charge in [0.1, 0.15) is 5.25 Å². The topological polar surface area (TPSA) is 91.8 Å². The average molecular weight is 345 g/mol. The van der Waals surface area contributed by atoms with Gasteiger partial charge >= 0.3 is 0 Å². The molecule has 1 aliphatic rings. The number of carbonyl (C=O) groups is 2. The lowest BCUT2D eigenvalue weighted by Crippen LogP contribution is -2.33. The fraction of sp³-hybridized carbons (Fsp3) is 0.750. The lowest BCUT2D eigenvalue weighted by Gasteiger charge is -2.10. The SMILES string of the molecule is CCCCCCCCC=CN1C(=O)CC(S(=O)(=O)CCO)C1=O. The molecule has 1 atom stereocenters. The molecule has 132 valence electrons. The third-order valence-electron chi connectivity index (χ3n) is 3.93. The van der Waals surface area contributed by atoms with Crippen LogP contribution >= 0.6 is 0 Å². The van der Waals surface area contributed by atoms with E-state index in [1.807, 2.05) is 0 Å². The molecular formula is C16H27NO5S. The second kappa shape index (κ2) is 9.82. The summed E-state index contributed by atoms with van der Waals surface area (Å²) in [6, 6.07) is 0. The largest absolute Gasteiger partial charge is 0.395 e. The van der Waals surface area contributed by atoms with E-state index < -0.39 is 39.3 Å². The molecule has 1 N–H and O–H groups in total. The van der Waals surface area contributed by atoms with Crippen molar-refractivity contribution in [3.05, 3.63) is 12.3 Å². The molecule has 1 aliphatic heterocycles. The molecular weight excluding hydrogens is 318 g/mol. The van der Waals surface area contributed by atoms with Crippen LogP contribution in [0.1, 0.15) is 58.3 Å². The van der Waals surface area contributed by atoms with Crippen LogP contribution in [0.15, 0.2) is 12.3 Å². The summed E-state index contributed by atoms with van der Waals surface area (Å²) in [5.41, 5.74) is 0. The van der Waals surface area contributed by atoms with E-state index in [2.05, 4.69) is 6.92 Å². The Kier molecular flexibility index (Phi) is 8.47. The van der Waals surface area contributed by atoms with Crippen molar-refractivity contribution in [2.45, 2.75) is 63.5 Å². The van der Waals surface area contributed by atoms with Crippen LogP contribution in [-0.2, 0) is 19.4 Å². The number of aliphatic hydroxyl groups excluding tert-OH is 1. The Morgan fingerprint density at radius 2 is 1.83 bits per heavy atom. The zero-order valence-electron chi connectivity index (χ0n) is 13.7. The fourth-order valence-electron chi connectivity index (χ4n) is 2.55. The Morgan fingerprint density at radius 3 is 2.48 bits per heavy atom. The second-order valence-corrected chi connectivity index (χ2v) is 8.13. The number of imide groups is 1. The molecule has 23 heavy (non-hydrogen) atoms. The van der Waals surface area contributed by atoms with Crippen LogP contribution in [0.3, 0.4) is 0 Å². The number of unbranched alkanes of at least 4 members (excludes halogenated alkanes) is 6. The monoisotopic (exact) mass is 345 g/mol. The molecule has 1 unspecified atom stereocenters. The van der Waals surface area contributed by atoms with E-state index in [1.165, 1.54) is 31.9 Å². The van der Waals surface area contributed by atoms with E-state index in [1.54, 1.807) is 6.08 Å². The second-order valence-electron chi connectivity index (χ2n) is 5.83. The van der Waals surface area contributed by atoms with E-state index >= 15 is 0 Å². The maximum atomic E-state index is 12.1. The molecule has 0 saturated carbocycles. The Balaban J connectivity index is 2.44. The molecule has 0 aromatic rings. The lowest BCUT2D eigenvalue weighted by molar-refractivity contribution is -0.135. The molecule has 1 heterocycles. The quantitative estimate of drug-likeness (QED) is 0.455. The van der Waals surface area contributed by atoms with Crippen molar-refractivity contribution in [1.82, 2.24) is 4.90 Å². The lowest BCUT2D eigenvalue weighted by atomic mass is 10.1. The molecule has 1 fully saturated rings. The van der Waals surface area contributed by atoms with Gasteiger partial charge in [0.25, 0.3) is 5.91 Å². The summed E-state index contributed by atoms with van der Waals surface area (Å²) < 4.78 is 23.7. The minimum absolute atomic E-state index is 0.331. The number of likely N-dealkylation sites (tertiary alicyclic amines) is 1. The Labute approximate surface area is 138 Å². The minimum Gasteiger partial charge on any atom is -0.395 e. The van der Waals surface area contributed by atoms with Gasteiger partial charge in [0.15, 0.2) is 9.84 Å². The molecule has 1 saturated heterocycles. The molecule has 2 amide bonds. The van der Waals surface area contributed by atoms with Gasteiger partial charge in [0.05, 0.1) is 18.8 Å². The molecule has 0 radical (unpaired) electrons. The number of hydrogen-bond acceptors (Lipinski definition) is 5. The first kappa shape index (κ1) is 19.8. The van der Waals surface area contributed by atoms with Crippen molar-refractivity contribution in [1.29, 1.82) is 0 Å². The Hall–Kier alpha value is -1.21. The standard InChI is InChI=1S/C16H27NO5S/c1-2-3-4-5-6-7-8-9-10-17-15(19)13-14(16(17)20)23(21,22)12-11-18/h9-10,14,18H,2-8,11-13H2,1H3. The van der Waals surface area contributed by atoms with Gasteiger partial charge in [0.2, 0.25) is 5.91 Å². The van der Waals surface area contributed by atoms with Crippen molar-refractivity contribution in [3.8, 4) is 0 Å². The van der Waals surface area contributed by atoms with E-state index in [9.17, 15) is 18.0 Å². The summed E-state index contributed by atoms with van der Waals surface area (Å²) in [5, 5.41) is 7.41. The number of amides is 2.